The molecule has 1 aromatic carbocycles. The Balaban J connectivity index is 1.68. The van der Waals surface area contributed by atoms with Gasteiger partial charge in [-0.1, -0.05) is 0 Å². The van der Waals surface area contributed by atoms with Crippen LogP contribution in [-0.4, -0.2) is 58.7 Å². The molecule has 1 N–H and O–H groups in total. The van der Waals surface area contributed by atoms with Crippen molar-refractivity contribution >= 4 is 23.0 Å². The Labute approximate surface area is 164 Å². The Morgan fingerprint density at radius 3 is 2.46 bits per heavy atom. The van der Waals surface area contributed by atoms with Crippen molar-refractivity contribution in [2.75, 3.05) is 43.4 Å². The van der Waals surface area contributed by atoms with Gasteiger partial charge in [-0.2, -0.15) is 5.10 Å². The van der Waals surface area contributed by atoms with Crippen molar-refractivity contribution < 1.29 is 9.72 Å². The van der Waals surface area contributed by atoms with Gasteiger partial charge < -0.3 is 15.1 Å². The van der Waals surface area contributed by atoms with Crippen LogP contribution < -0.4 is 10.2 Å². The molecule has 0 radical (unpaired) electrons. The molecule has 1 fully saturated rings. The normalized spacial score (nSPS) is 14.9. The van der Waals surface area contributed by atoms with E-state index in [0.717, 1.165) is 43.1 Å². The standard InChI is InChI=1S/C19H26N6O3/c1-13-11-16(23-9-7-22(4)8-10-23)5-6-17(13)20-18(26)12-24-15(3)19(25(27)28)14(2)21-24/h5-6,11H,7-10,12H2,1-4H3,(H,20,26). The predicted octanol–water partition coefficient (Wildman–Crippen LogP) is 2.11. The molecule has 0 saturated carbocycles. The first kappa shape index (κ1) is 19.8. The quantitative estimate of drug-likeness (QED) is 0.624. The lowest BCUT2D eigenvalue weighted by atomic mass is 10.1. The Bertz CT molecular complexity index is 899. The minimum Gasteiger partial charge on any atom is -0.369 e. The molecule has 1 saturated heterocycles. The van der Waals surface area contributed by atoms with Gasteiger partial charge in [0.25, 0.3) is 0 Å². The molecule has 1 aromatic heterocycles. The van der Waals surface area contributed by atoms with Crippen molar-refractivity contribution in [3.63, 3.8) is 0 Å². The van der Waals surface area contributed by atoms with Crippen LogP contribution in [0.5, 0.6) is 0 Å². The molecule has 9 heteroatoms. The zero-order chi connectivity index (χ0) is 20.4. The first-order chi connectivity index (χ1) is 13.3. The molecule has 150 valence electrons. The molecule has 0 bridgehead atoms. The summed E-state index contributed by atoms with van der Waals surface area (Å²) in [5.41, 5.74) is 3.50. The second kappa shape index (κ2) is 7.97. The summed E-state index contributed by atoms with van der Waals surface area (Å²) in [6.07, 6.45) is 0. The largest absolute Gasteiger partial charge is 0.369 e. The molecule has 9 nitrogen and oxygen atoms in total. The second-order valence-corrected chi connectivity index (χ2v) is 7.27. The topological polar surface area (TPSA) is 96.5 Å². The summed E-state index contributed by atoms with van der Waals surface area (Å²) in [6.45, 7) is 9.10. The fourth-order valence-corrected chi connectivity index (χ4v) is 3.48. The van der Waals surface area contributed by atoms with Gasteiger partial charge in [0.1, 0.15) is 17.9 Å². The maximum absolute atomic E-state index is 12.4. The molecule has 0 atom stereocenters. The highest BCUT2D eigenvalue weighted by Gasteiger charge is 2.23. The first-order valence-corrected chi connectivity index (χ1v) is 9.28. The van der Waals surface area contributed by atoms with E-state index in [2.05, 4.69) is 33.3 Å². The average Bonchev–Trinajstić information content (AvgIpc) is 2.91. The number of aryl methyl sites for hydroxylation is 2. The van der Waals surface area contributed by atoms with Crippen molar-refractivity contribution in [2.45, 2.75) is 27.3 Å². The van der Waals surface area contributed by atoms with E-state index in [4.69, 9.17) is 0 Å². The minimum absolute atomic E-state index is 0.0412. The summed E-state index contributed by atoms with van der Waals surface area (Å²) in [5, 5.41) is 18.1. The van der Waals surface area contributed by atoms with Crippen LogP contribution in [0.15, 0.2) is 18.2 Å². The van der Waals surface area contributed by atoms with Crippen molar-refractivity contribution in [2.24, 2.45) is 0 Å². The van der Waals surface area contributed by atoms with Gasteiger partial charge >= 0.3 is 5.69 Å². The molecular formula is C19H26N6O3. The van der Waals surface area contributed by atoms with E-state index in [0.29, 0.717) is 11.4 Å². The zero-order valence-corrected chi connectivity index (χ0v) is 16.7. The lowest BCUT2D eigenvalue weighted by molar-refractivity contribution is -0.386. The van der Waals surface area contributed by atoms with E-state index in [-0.39, 0.29) is 18.1 Å². The Morgan fingerprint density at radius 2 is 1.89 bits per heavy atom. The van der Waals surface area contributed by atoms with Crippen LogP contribution in [-0.2, 0) is 11.3 Å². The van der Waals surface area contributed by atoms with Crippen molar-refractivity contribution in [1.29, 1.82) is 0 Å². The number of likely N-dealkylation sites (N-methyl/N-ethyl adjacent to an activating group) is 1. The maximum Gasteiger partial charge on any atom is 0.312 e. The molecule has 1 amide bonds. The molecule has 0 spiro atoms. The van der Waals surface area contributed by atoms with Gasteiger partial charge in [0.2, 0.25) is 5.91 Å². The number of carbonyl (C=O) groups excluding carboxylic acids is 1. The SMILES string of the molecule is Cc1cc(N2CCN(C)CC2)ccc1NC(=O)Cn1nc(C)c([N+](=O)[O-])c1C. The number of nitrogens with zero attached hydrogens (tertiary/aromatic N) is 5. The summed E-state index contributed by atoms with van der Waals surface area (Å²) in [6, 6.07) is 6.00. The molecular weight excluding hydrogens is 360 g/mol. The second-order valence-electron chi connectivity index (χ2n) is 7.27. The Kier molecular flexibility index (Phi) is 5.64. The molecule has 28 heavy (non-hydrogen) atoms. The predicted molar refractivity (Wildman–Crippen MR) is 108 cm³/mol. The van der Waals surface area contributed by atoms with E-state index in [9.17, 15) is 14.9 Å². The fraction of sp³-hybridized carbons (Fsp3) is 0.474. The smallest absolute Gasteiger partial charge is 0.312 e. The van der Waals surface area contributed by atoms with Crippen LogP contribution in [0, 0.1) is 30.9 Å². The summed E-state index contributed by atoms with van der Waals surface area (Å²) < 4.78 is 1.37. The minimum atomic E-state index is -0.465. The van der Waals surface area contributed by atoms with Crippen molar-refractivity contribution in [1.82, 2.24) is 14.7 Å². The summed E-state index contributed by atoms with van der Waals surface area (Å²) >= 11 is 0. The number of hydrogen-bond acceptors (Lipinski definition) is 6. The van der Waals surface area contributed by atoms with Gasteiger partial charge in [-0.05, 0) is 51.6 Å². The summed E-state index contributed by atoms with van der Waals surface area (Å²) in [7, 11) is 2.12. The van der Waals surface area contributed by atoms with Gasteiger partial charge in [0.05, 0.1) is 4.92 Å². The van der Waals surface area contributed by atoms with Gasteiger partial charge in [0, 0.05) is 37.6 Å². The Hall–Kier alpha value is -2.94. The number of rotatable bonds is 5. The van der Waals surface area contributed by atoms with Crippen LogP contribution in [0.2, 0.25) is 0 Å². The average molecular weight is 386 g/mol. The van der Waals surface area contributed by atoms with Gasteiger partial charge in [0.15, 0.2) is 0 Å². The van der Waals surface area contributed by atoms with E-state index < -0.39 is 4.92 Å². The molecule has 2 aromatic rings. The van der Waals surface area contributed by atoms with Crippen LogP contribution in [0.25, 0.3) is 0 Å². The number of anilines is 2. The van der Waals surface area contributed by atoms with Crippen LogP contribution in [0.1, 0.15) is 17.0 Å². The number of benzene rings is 1. The van der Waals surface area contributed by atoms with E-state index in [1.54, 1.807) is 13.8 Å². The van der Waals surface area contributed by atoms with Crippen molar-refractivity contribution in [3.8, 4) is 0 Å². The van der Waals surface area contributed by atoms with E-state index >= 15 is 0 Å². The molecule has 1 aliphatic heterocycles. The zero-order valence-electron chi connectivity index (χ0n) is 16.7. The molecule has 3 rings (SSSR count). The molecule has 0 aliphatic carbocycles. The van der Waals surface area contributed by atoms with Gasteiger partial charge in [-0.15, -0.1) is 0 Å². The Morgan fingerprint density at radius 1 is 1.21 bits per heavy atom. The number of hydrogen-bond donors (Lipinski definition) is 1. The van der Waals surface area contributed by atoms with Gasteiger partial charge in [-0.3, -0.25) is 19.6 Å². The summed E-state index contributed by atoms with van der Waals surface area (Å²) in [5.74, 6) is -0.268. The van der Waals surface area contributed by atoms with Gasteiger partial charge in [-0.25, -0.2) is 0 Å². The number of carbonyl (C=O) groups is 1. The maximum atomic E-state index is 12.4. The highest BCUT2D eigenvalue weighted by Crippen LogP contribution is 2.24. The van der Waals surface area contributed by atoms with Crippen molar-refractivity contribution in [3.05, 3.63) is 45.3 Å². The number of aromatic nitrogens is 2. The summed E-state index contributed by atoms with van der Waals surface area (Å²) in [4.78, 5) is 27.7. The molecule has 2 heterocycles. The third kappa shape index (κ3) is 4.14. The highest BCUT2D eigenvalue weighted by atomic mass is 16.6. The number of nitro groups is 1. The third-order valence-electron chi connectivity index (χ3n) is 5.17. The monoisotopic (exact) mass is 386 g/mol. The van der Waals surface area contributed by atoms with Crippen LogP contribution in [0.4, 0.5) is 17.1 Å². The molecule has 0 unspecified atom stereocenters. The number of amides is 1. The van der Waals surface area contributed by atoms with Crippen LogP contribution >= 0.6 is 0 Å². The fourth-order valence-electron chi connectivity index (χ4n) is 3.48. The van der Waals surface area contributed by atoms with E-state index in [1.807, 2.05) is 19.1 Å². The third-order valence-corrected chi connectivity index (χ3v) is 5.17. The van der Waals surface area contributed by atoms with E-state index in [1.165, 1.54) is 4.68 Å². The first-order valence-electron chi connectivity index (χ1n) is 9.28. The lowest BCUT2D eigenvalue weighted by Crippen LogP contribution is -2.44. The van der Waals surface area contributed by atoms with Crippen LogP contribution in [0.3, 0.4) is 0 Å². The number of nitrogens with one attached hydrogen (secondary N) is 1. The lowest BCUT2D eigenvalue weighted by Gasteiger charge is -2.34. The molecule has 1 aliphatic rings. The highest BCUT2D eigenvalue weighted by molar-refractivity contribution is 5.91. The number of piperazine rings is 1.